The van der Waals surface area contributed by atoms with Crippen molar-refractivity contribution in [2.45, 2.75) is 30.8 Å². The van der Waals surface area contributed by atoms with Crippen molar-refractivity contribution in [3.05, 3.63) is 81.2 Å². The summed E-state index contributed by atoms with van der Waals surface area (Å²) in [4.78, 5) is 39.5. The first kappa shape index (κ1) is 25.9. The number of ether oxygens (including phenoxy) is 1. The molecule has 12 heteroatoms. The van der Waals surface area contributed by atoms with E-state index in [9.17, 15) is 22.8 Å². The number of nitrogens with zero attached hydrogens (tertiary/aromatic N) is 2. The van der Waals surface area contributed by atoms with Gasteiger partial charge in [-0.05, 0) is 53.8 Å². The SMILES string of the molecule is COC(=O)N1CCc2c(sc(NC(=O)c3ccc(S(=O)(=O)N4CCc5ccccc5C4)cc3)c2C(N)=O)C1. The monoisotopic (exact) mass is 554 g/mol. The number of thiophene rings is 1. The molecule has 0 saturated carbocycles. The molecule has 2 aliphatic heterocycles. The second-order valence-electron chi connectivity index (χ2n) is 9.05. The Bertz CT molecular complexity index is 1530. The van der Waals surface area contributed by atoms with E-state index in [4.69, 9.17) is 10.5 Å². The van der Waals surface area contributed by atoms with Crippen LogP contribution >= 0.6 is 11.3 Å². The molecule has 0 radical (unpaired) electrons. The Hall–Kier alpha value is -3.74. The predicted molar refractivity (Wildman–Crippen MR) is 141 cm³/mol. The topological polar surface area (TPSA) is 139 Å². The van der Waals surface area contributed by atoms with E-state index >= 15 is 0 Å². The van der Waals surface area contributed by atoms with Gasteiger partial charge in [-0.25, -0.2) is 13.2 Å². The zero-order chi connectivity index (χ0) is 27.0. The molecule has 10 nitrogen and oxygen atoms in total. The number of carbonyl (C=O) groups excluding carboxylic acids is 3. The Labute approximate surface area is 224 Å². The first-order chi connectivity index (χ1) is 18.2. The van der Waals surface area contributed by atoms with Crippen LogP contribution in [0.5, 0.6) is 0 Å². The van der Waals surface area contributed by atoms with Crippen LogP contribution in [0.25, 0.3) is 0 Å². The highest BCUT2D eigenvalue weighted by molar-refractivity contribution is 7.89. The number of rotatable bonds is 5. The third-order valence-electron chi connectivity index (χ3n) is 6.81. The van der Waals surface area contributed by atoms with Gasteiger partial charge in [0, 0.05) is 30.1 Å². The highest BCUT2D eigenvalue weighted by atomic mass is 32.2. The average Bonchev–Trinajstić information content (AvgIpc) is 3.29. The Balaban J connectivity index is 1.33. The van der Waals surface area contributed by atoms with E-state index in [1.165, 1.54) is 51.9 Å². The number of sulfonamides is 1. The number of carbonyl (C=O) groups is 3. The molecule has 0 atom stereocenters. The molecule has 0 spiro atoms. The lowest BCUT2D eigenvalue weighted by Gasteiger charge is -2.28. The molecule has 0 fully saturated rings. The van der Waals surface area contributed by atoms with Gasteiger partial charge in [-0.1, -0.05) is 24.3 Å². The van der Waals surface area contributed by atoms with Crippen LogP contribution in [0.4, 0.5) is 9.80 Å². The molecule has 3 N–H and O–H groups in total. The van der Waals surface area contributed by atoms with Crippen molar-refractivity contribution in [2.24, 2.45) is 5.73 Å². The van der Waals surface area contributed by atoms with Crippen LogP contribution < -0.4 is 11.1 Å². The molecule has 0 aliphatic carbocycles. The molecule has 1 aromatic heterocycles. The van der Waals surface area contributed by atoms with Crippen LogP contribution in [0.15, 0.2) is 53.4 Å². The minimum atomic E-state index is -3.74. The number of primary amides is 1. The summed E-state index contributed by atoms with van der Waals surface area (Å²) < 4.78 is 32.7. The maximum absolute atomic E-state index is 13.2. The fraction of sp³-hybridized carbons (Fsp3) is 0.269. The second-order valence-corrected chi connectivity index (χ2v) is 12.1. The zero-order valence-electron chi connectivity index (χ0n) is 20.6. The van der Waals surface area contributed by atoms with Crippen LogP contribution in [0.3, 0.4) is 0 Å². The number of hydrogen-bond acceptors (Lipinski definition) is 7. The molecule has 5 rings (SSSR count). The molecule has 0 unspecified atom stereocenters. The minimum Gasteiger partial charge on any atom is -0.453 e. The third kappa shape index (κ3) is 4.77. The van der Waals surface area contributed by atoms with Gasteiger partial charge in [-0.15, -0.1) is 11.3 Å². The molecule has 3 aromatic rings. The van der Waals surface area contributed by atoms with Crippen LogP contribution in [0.1, 0.15) is 42.3 Å². The summed E-state index contributed by atoms with van der Waals surface area (Å²) in [5, 5.41) is 3.03. The average molecular weight is 555 g/mol. The van der Waals surface area contributed by atoms with E-state index < -0.39 is 27.9 Å². The summed E-state index contributed by atoms with van der Waals surface area (Å²) in [5.74, 6) is -1.18. The quantitative estimate of drug-likeness (QED) is 0.497. The highest BCUT2D eigenvalue weighted by Gasteiger charge is 2.31. The van der Waals surface area contributed by atoms with Gasteiger partial charge in [-0.3, -0.25) is 9.59 Å². The van der Waals surface area contributed by atoms with Gasteiger partial charge in [0.15, 0.2) is 0 Å². The summed E-state index contributed by atoms with van der Waals surface area (Å²) in [6.07, 6.45) is 0.571. The van der Waals surface area contributed by atoms with E-state index in [0.717, 1.165) is 16.0 Å². The minimum absolute atomic E-state index is 0.0979. The number of nitrogens with two attached hydrogens (primary N) is 1. The molecule has 2 aliphatic rings. The van der Waals surface area contributed by atoms with Crippen molar-refractivity contribution < 1.29 is 27.5 Å². The number of fused-ring (bicyclic) bond motifs is 2. The van der Waals surface area contributed by atoms with Gasteiger partial charge in [-0.2, -0.15) is 4.31 Å². The maximum Gasteiger partial charge on any atom is 0.409 e. The summed E-state index contributed by atoms with van der Waals surface area (Å²) in [7, 11) is -2.44. The fourth-order valence-corrected chi connectivity index (χ4v) is 7.50. The Kier molecular flexibility index (Phi) is 6.95. The Morgan fingerprint density at radius 2 is 1.68 bits per heavy atom. The maximum atomic E-state index is 13.2. The standard InChI is InChI=1S/C26H26N4O6S2/c1-36-26(33)29-12-11-20-21(15-29)37-25(22(20)23(27)31)28-24(32)17-6-8-19(9-7-17)38(34,35)30-13-10-16-4-2-3-5-18(16)14-30/h2-9H,10-15H2,1H3,(H2,27,31)(H,28,32). The fourth-order valence-electron chi connectivity index (χ4n) is 4.81. The molecule has 0 saturated heterocycles. The Morgan fingerprint density at radius 1 is 0.974 bits per heavy atom. The van der Waals surface area contributed by atoms with Crippen molar-refractivity contribution in [2.75, 3.05) is 25.5 Å². The van der Waals surface area contributed by atoms with Crippen molar-refractivity contribution in [1.82, 2.24) is 9.21 Å². The van der Waals surface area contributed by atoms with Crippen molar-refractivity contribution in [3.63, 3.8) is 0 Å². The van der Waals surface area contributed by atoms with Gasteiger partial charge in [0.1, 0.15) is 5.00 Å². The first-order valence-corrected chi connectivity index (χ1v) is 14.2. The van der Waals surface area contributed by atoms with Crippen molar-refractivity contribution in [3.8, 4) is 0 Å². The molecular weight excluding hydrogens is 528 g/mol. The molecule has 198 valence electrons. The smallest absolute Gasteiger partial charge is 0.409 e. The number of amides is 3. The van der Waals surface area contributed by atoms with Crippen molar-refractivity contribution >= 4 is 44.3 Å². The van der Waals surface area contributed by atoms with Crippen LogP contribution in [0.2, 0.25) is 0 Å². The lowest BCUT2D eigenvalue weighted by molar-refractivity contribution is 0.0999. The van der Waals surface area contributed by atoms with E-state index in [2.05, 4.69) is 5.32 Å². The number of hydrogen-bond donors (Lipinski definition) is 2. The molecule has 38 heavy (non-hydrogen) atoms. The van der Waals surface area contributed by atoms with E-state index in [1.807, 2.05) is 24.3 Å². The van der Waals surface area contributed by atoms with Gasteiger partial charge < -0.3 is 20.7 Å². The lowest BCUT2D eigenvalue weighted by atomic mass is 10.0. The zero-order valence-corrected chi connectivity index (χ0v) is 22.2. The molecular formula is C26H26N4O6S2. The number of methoxy groups -OCH3 is 1. The lowest BCUT2D eigenvalue weighted by Crippen LogP contribution is -2.35. The second kappa shape index (κ2) is 10.2. The number of benzene rings is 2. The van der Waals surface area contributed by atoms with E-state index in [0.29, 0.717) is 43.0 Å². The third-order valence-corrected chi connectivity index (χ3v) is 9.80. The van der Waals surface area contributed by atoms with Crippen LogP contribution in [-0.4, -0.2) is 55.7 Å². The normalized spacial score (nSPS) is 15.3. The largest absolute Gasteiger partial charge is 0.453 e. The summed E-state index contributed by atoms with van der Waals surface area (Å²) in [5.41, 5.74) is 8.92. The number of anilines is 1. The van der Waals surface area contributed by atoms with E-state index in [-0.39, 0.29) is 22.6 Å². The van der Waals surface area contributed by atoms with E-state index in [1.54, 1.807) is 0 Å². The molecule has 3 amide bonds. The first-order valence-electron chi connectivity index (χ1n) is 11.9. The number of nitrogens with one attached hydrogen (secondary N) is 1. The van der Waals surface area contributed by atoms with Gasteiger partial charge in [0.2, 0.25) is 10.0 Å². The summed E-state index contributed by atoms with van der Waals surface area (Å²) in [6.45, 7) is 1.29. The molecule has 3 heterocycles. The van der Waals surface area contributed by atoms with Gasteiger partial charge in [0.05, 0.1) is 24.1 Å². The summed E-state index contributed by atoms with van der Waals surface area (Å²) in [6, 6.07) is 13.5. The molecule has 0 bridgehead atoms. The van der Waals surface area contributed by atoms with Crippen LogP contribution in [-0.2, 0) is 40.7 Å². The van der Waals surface area contributed by atoms with Crippen LogP contribution in [0, 0.1) is 0 Å². The van der Waals surface area contributed by atoms with Crippen molar-refractivity contribution in [1.29, 1.82) is 0 Å². The highest BCUT2D eigenvalue weighted by Crippen LogP contribution is 2.37. The van der Waals surface area contributed by atoms with Gasteiger partial charge in [0.25, 0.3) is 11.8 Å². The Morgan fingerprint density at radius 3 is 2.37 bits per heavy atom. The predicted octanol–water partition coefficient (Wildman–Crippen LogP) is 2.97. The molecule has 2 aromatic carbocycles. The van der Waals surface area contributed by atoms with Gasteiger partial charge >= 0.3 is 6.09 Å². The summed E-state index contributed by atoms with van der Waals surface area (Å²) >= 11 is 1.18.